The molecule has 2 rings (SSSR count). The number of benzene rings is 1. The fraction of sp³-hybridized carbons (Fsp3) is 0.571. The molecule has 0 spiro atoms. The fourth-order valence-electron chi connectivity index (χ4n) is 2.53. The van der Waals surface area contributed by atoms with Crippen LogP contribution in [0, 0.1) is 0 Å². The minimum atomic E-state index is -3.16. The quantitative estimate of drug-likeness (QED) is 0.857. The van der Waals surface area contributed by atoms with Gasteiger partial charge in [-0.05, 0) is 18.4 Å². The Labute approximate surface area is 115 Å². The van der Waals surface area contributed by atoms with Crippen molar-refractivity contribution in [3.8, 4) is 0 Å². The van der Waals surface area contributed by atoms with Gasteiger partial charge < -0.3 is 5.73 Å². The Hall–Kier alpha value is -0.910. The van der Waals surface area contributed by atoms with E-state index in [0.717, 1.165) is 18.4 Å². The number of rotatable bonds is 6. The van der Waals surface area contributed by atoms with Crippen LogP contribution in [-0.2, 0) is 16.4 Å². The predicted octanol–water partition coefficient (Wildman–Crippen LogP) is 1.37. The molecule has 1 aromatic rings. The van der Waals surface area contributed by atoms with Crippen LogP contribution in [0.2, 0.25) is 0 Å². The van der Waals surface area contributed by atoms with Gasteiger partial charge in [0.25, 0.3) is 0 Å². The number of sulfonamides is 1. The average Bonchev–Trinajstić information content (AvgIpc) is 2.35. The van der Waals surface area contributed by atoms with Gasteiger partial charge in [0.15, 0.2) is 0 Å². The van der Waals surface area contributed by atoms with Crippen molar-refractivity contribution in [2.75, 3.05) is 18.8 Å². The van der Waals surface area contributed by atoms with E-state index in [9.17, 15) is 8.42 Å². The van der Waals surface area contributed by atoms with Crippen molar-refractivity contribution in [1.29, 1.82) is 0 Å². The van der Waals surface area contributed by atoms with E-state index in [0.29, 0.717) is 19.5 Å². The first kappa shape index (κ1) is 14.5. The minimum Gasteiger partial charge on any atom is -0.323 e. The first-order valence-electron chi connectivity index (χ1n) is 6.76. The Kier molecular flexibility index (Phi) is 4.28. The Balaban J connectivity index is 1.87. The molecule has 1 aromatic carbocycles. The number of hydrogen-bond acceptors (Lipinski definition) is 3. The highest BCUT2D eigenvalue weighted by atomic mass is 32.2. The monoisotopic (exact) mass is 282 g/mol. The highest BCUT2D eigenvalue weighted by Gasteiger charge is 2.44. The molecule has 0 aliphatic carbocycles. The molecule has 1 aliphatic rings. The molecule has 0 atom stereocenters. The minimum absolute atomic E-state index is 0.166. The van der Waals surface area contributed by atoms with Crippen molar-refractivity contribution in [2.45, 2.75) is 31.7 Å². The highest BCUT2D eigenvalue weighted by Crippen LogP contribution is 2.26. The summed E-state index contributed by atoms with van der Waals surface area (Å²) in [7, 11) is -3.16. The SMILES string of the molecule is CCCC1(N)CN(S(=O)(=O)CCc2ccccc2)C1. The van der Waals surface area contributed by atoms with Gasteiger partial charge in [0.05, 0.1) is 5.75 Å². The Morgan fingerprint density at radius 1 is 1.26 bits per heavy atom. The first-order valence-corrected chi connectivity index (χ1v) is 8.37. The second-order valence-electron chi connectivity index (χ2n) is 5.43. The Morgan fingerprint density at radius 3 is 2.47 bits per heavy atom. The second kappa shape index (κ2) is 5.61. The van der Waals surface area contributed by atoms with E-state index in [-0.39, 0.29) is 11.3 Å². The van der Waals surface area contributed by atoms with E-state index < -0.39 is 10.0 Å². The molecule has 0 aromatic heterocycles. The molecule has 1 aliphatic heterocycles. The van der Waals surface area contributed by atoms with Gasteiger partial charge in [-0.2, -0.15) is 4.31 Å². The zero-order valence-electron chi connectivity index (χ0n) is 11.4. The summed E-state index contributed by atoms with van der Waals surface area (Å²) < 4.78 is 25.8. The third kappa shape index (κ3) is 3.55. The van der Waals surface area contributed by atoms with Crippen LogP contribution >= 0.6 is 0 Å². The zero-order chi connectivity index (χ0) is 13.9. The van der Waals surface area contributed by atoms with Crippen LogP contribution in [0.1, 0.15) is 25.3 Å². The molecule has 2 N–H and O–H groups in total. The lowest BCUT2D eigenvalue weighted by molar-refractivity contribution is 0.147. The maximum Gasteiger partial charge on any atom is 0.214 e. The van der Waals surface area contributed by atoms with E-state index >= 15 is 0 Å². The molecular formula is C14H22N2O2S. The maximum atomic E-state index is 12.1. The topological polar surface area (TPSA) is 63.4 Å². The van der Waals surface area contributed by atoms with Crippen LogP contribution in [0.3, 0.4) is 0 Å². The van der Waals surface area contributed by atoms with Crippen LogP contribution in [0.4, 0.5) is 0 Å². The first-order chi connectivity index (χ1) is 8.95. The summed E-state index contributed by atoms with van der Waals surface area (Å²) in [5, 5.41) is 0. The average molecular weight is 282 g/mol. The molecule has 1 fully saturated rings. The summed E-state index contributed by atoms with van der Waals surface area (Å²) in [5.41, 5.74) is 6.86. The maximum absolute atomic E-state index is 12.1. The molecule has 1 saturated heterocycles. The summed E-state index contributed by atoms with van der Waals surface area (Å²) >= 11 is 0. The van der Waals surface area contributed by atoms with E-state index in [1.165, 1.54) is 4.31 Å². The van der Waals surface area contributed by atoms with E-state index in [4.69, 9.17) is 5.73 Å². The van der Waals surface area contributed by atoms with Crippen molar-refractivity contribution in [1.82, 2.24) is 4.31 Å². The Morgan fingerprint density at radius 2 is 1.89 bits per heavy atom. The molecule has 4 nitrogen and oxygen atoms in total. The van der Waals surface area contributed by atoms with Gasteiger partial charge in [-0.15, -0.1) is 0 Å². The summed E-state index contributed by atoms with van der Waals surface area (Å²) in [6, 6.07) is 9.70. The molecule has 106 valence electrons. The summed E-state index contributed by atoms with van der Waals surface area (Å²) in [6.45, 7) is 3.01. The second-order valence-corrected chi connectivity index (χ2v) is 7.52. The van der Waals surface area contributed by atoms with Crippen molar-refractivity contribution in [3.05, 3.63) is 35.9 Å². The number of nitrogens with two attached hydrogens (primary N) is 1. The molecule has 0 unspecified atom stereocenters. The van der Waals surface area contributed by atoms with Gasteiger partial charge in [-0.3, -0.25) is 0 Å². The summed E-state index contributed by atoms with van der Waals surface area (Å²) in [6.07, 6.45) is 2.44. The van der Waals surface area contributed by atoms with Gasteiger partial charge in [-0.25, -0.2) is 8.42 Å². The molecule has 0 saturated carbocycles. The Bertz CT molecular complexity index is 508. The standard InChI is InChI=1S/C14H22N2O2S/c1-2-9-14(15)11-16(12-14)19(17,18)10-8-13-6-4-3-5-7-13/h3-7H,2,8-12,15H2,1H3. The third-order valence-electron chi connectivity index (χ3n) is 3.62. The molecule has 5 heteroatoms. The van der Waals surface area contributed by atoms with Crippen molar-refractivity contribution < 1.29 is 8.42 Å². The summed E-state index contributed by atoms with van der Waals surface area (Å²) in [5.74, 6) is 0.166. The highest BCUT2D eigenvalue weighted by molar-refractivity contribution is 7.89. The van der Waals surface area contributed by atoms with Crippen LogP contribution in [0.5, 0.6) is 0 Å². The van der Waals surface area contributed by atoms with Crippen molar-refractivity contribution in [3.63, 3.8) is 0 Å². The lowest BCUT2D eigenvalue weighted by Crippen LogP contribution is -2.68. The number of aryl methyl sites for hydroxylation is 1. The lowest BCUT2D eigenvalue weighted by Gasteiger charge is -2.46. The lowest BCUT2D eigenvalue weighted by atomic mass is 9.89. The third-order valence-corrected chi connectivity index (χ3v) is 5.38. The molecule has 1 heterocycles. The smallest absolute Gasteiger partial charge is 0.214 e. The normalized spacial score (nSPS) is 19.1. The van der Waals surface area contributed by atoms with Gasteiger partial charge in [-0.1, -0.05) is 43.7 Å². The number of nitrogens with zero attached hydrogens (tertiary/aromatic N) is 1. The molecular weight excluding hydrogens is 260 g/mol. The molecule has 0 radical (unpaired) electrons. The van der Waals surface area contributed by atoms with Crippen LogP contribution < -0.4 is 5.73 Å². The van der Waals surface area contributed by atoms with Crippen molar-refractivity contribution >= 4 is 10.0 Å². The van der Waals surface area contributed by atoms with Gasteiger partial charge >= 0.3 is 0 Å². The van der Waals surface area contributed by atoms with Crippen LogP contribution in [0.15, 0.2) is 30.3 Å². The van der Waals surface area contributed by atoms with E-state index in [1.807, 2.05) is 30.3 Å². The van der Waals surface area contributed by atoms with E-state index in [2.05, 4.69) is 6.92 Å². The van der Waals surface area contributed by atoms with E-state index in [1.54, 1.807) is 0 Å². The van der Waals surface area contributed by atoms with Gasteiger partial charge in [0.1, 0.15) is 0 Å². The van der Waals surface area contributed by atoms with Crippen molar-refractivity contribution in [2.24, 2.45) is 5.73 Å². The van der Waals surface area contributed by atoms with Gasteiger partial charge in [0, 0.05) is 18.6 Å². The summed E-state index contributed by atoms with van der Waals surface area (Å²) in [4.78, 5) is 0. The molecule has 0 bridgehead atoms. The van der Waals surface area contributed by atoms with Crippen LogP contribution in [0.25, 0.3) is 0 Å². The largest absolute Gasteiger partial charge is 0.323 e. The molecule has 19 heavy (non-hydrogen) atoms. The van der Waals surface area contributed by atoms with Crippen LogP contribution in [-0.4, -0.2) is 37.1 Å². The zero-order valence-corrected chi connectivity index (χ0v) is 12.2. The number of hydrogen-bond donors (Lipinski definition) is 1. The fourth-order valence-corrected chi connectivity index (χ4v) is 4.19. The van der Waals surface area contributed by atoms with Gasteiger partial charge in [0.2, 0.25) is 10.0 Å². The molecule has 0 amide bonds. The predicted molar refractivity (Wildman–Crippen MR) is 77.3 cm³/mol.